The molecule has 2 nitrogen and oxygen atoms in total. The predicted molar refractivity (Wildman–Crippen MR) is 43.8 cm³/mol. The minimum Gasteiger partial charge on any atom is -0.306 e. The van der Waals surface area contributed by atoms with Gasteiger partial charge in [-0.2, -0.15) is 0 Å². The Morgan fingerprint density at radius 3 is 3.18 bits per heavy atom. The summed E-state index contributed by atoms with van der Waals surface area (Å²) in [5, 5.41) is 0.570. The SMILES string of the molecule is Cc1cn2cc[c]c(Cl)c2n1. The van der Waals surface area contributed by atoms with Gasteiger partial charge in [0, 0.05) is 18.5 Å². The Kier molecular flexibility index (Phi) is 1.36. The van der Waals surface area contributed by atoms with Gasteiger partial charge in [0.2, 0.25) is 0 Å². The Hall–Kier alpha value is -1.02. The molecule has 0 spiro atoms. The molecule has 2 rings (SSSR count). The molecule has 0 aliphatic carbocycles. The molecular weight excluding hydrogens is 160 g/mol. The molecule has 1 radical (unpaired) electrons. The van der Waals surface area contributed by atoms with E-state index >= 15 is 0 Å². The lowest BCUT2D eigenvalue weighted by atomic mass is 10.5. The van der Waals surface area contributed by atoms with E-state index < -0.39 is 0 Å². The largest absolute Gasteiger partial charge is 0.306 e. The summed E-state index contributed by atoms with van der Waals surface area (Å²) < 4.78 is 1.88. The third-order valence-electron chi connectivity index (χ3n) is 1.49. The molecule has 0 aliphatic heterocycles. The van der Waals surface area contributed by atoms with E-state index in [0.717, 1.165) is 11.3 Å². The highest BCUT2D eigenvalue weighted by atomic mass is 35.5. The summed E-state index contributed by atoms with van der Waals surface area (Å²) in [5.41, 5.74) is 1.73. The van der Waals surface area contributed by atoms with Gasteiger partial charge in [-0.25, -0.2) is 4.98 Å². The highest BCUT2D eigenvalue weighted by Crippen LogP contribution is 2.14. The Bertz CT molecular complexity index is 392. The van der Waals surface area contributed by atoms with Gasteiger partial charge in [-0.15, -0.1) is 0 Å². The minimum absolute atomic E-state index is 0.570. The van der Waals surface area contributed by atoms with E-state index in [1.54, 1.807) is 6.07 Å². The molecule has 0 N–H and O–H groups in total. The van der Waals surface area contributed by atoms with Crippen LogP contribution in [0.5, 0.6) is 0 Å². The number of halogens is 1. The fourth-order valence-corrected chi connectivity index (χ4v) is 1.25. The van der Waals surface area contributed by atoms with Crippen LogP contribution in [0.1, 0.15) is 5.69 Å². The second-order valence-corrected chi connectivity index (χ2v) is 2.77. The van der Waals surface area contributed by atoms with Crippen molar-refractivity contribution in [3.8, 4) is 0 Å². The van der Waals surface area contributed by atoms with Crippen molar-refractivity contribution < 1.29 is 0 Å². The van der Waals surface area contributed by atoms with E-state index in [0.29, 0.717) is 5.02 Å². The summed E-state index contributed by atoms with van der Waals surface area (Å²) in [5.74, 6) is 0. The molecule has 0 atom stereocenters. The molecule has 55 valence electrons. The van der Waals surface area contributed by atoms with Crippen molar-refractivity contribution in [1.82, 2.24) is 9.38 Å². The third kappa shape index (κ3) is 0.994. The lowest BCUT2D eigenvalue weighted by molar-refractivity contribution is 1.18. The van der Waals surface area contributed by atoms with Crippen LogP contribution in [0.2, 0.25) is 5.02 Å². The number of fused-ring (bicyclic) bond motifs is 1. The molecule has 0 saturated carbocycles. The van der Waals surface area contributed by atoms with E-state index in [-0.39, 0.29) is 0 Å². The molecule has 0 fully saturated rings. The maximum absolute atomic E-state index is 5.83. The lowest BCUT2D eigenvalue weighted by Crippen LogP contribution is -1.81. The number of hydrogen-bond acceptors (Lipinski definition) is 1. The van der Waals surface area contributed by atoms with E-state index in [2.05, 4.69) is 11.1 Å². The van der Waals surface area contributed by atoms with Crippen LogP contribution in [0, 0.1) is 13.0 Å². The maximum atomic E-state index is 5.83. The van der Waals surface area contributed by atoms with Gasteiger partial charge in [-0.05, 0) is 13.0 Å². The first kappa shape index (κ1) is 6.68. The summed E-state index contributed by atoms with van der Waals surface area (Å²) in [4.78, 5) is 4.21. The molecule has 0 unspecified atom stereocenters. The van der Waals surface area contributed by atoms with Gasteiger partial charge in [-0.3, -0.25) is 0 Å². The topological polar surface area (TPSA) is 17.3 Å². The van der Waals surface area contributed by atoms with Gasteiger partial charge >= 0.3 is 0 Å². The number of hydrogen-bond donors (Lipinski definition) is 0. The minimum atomic E-state index is 0.570. The van der Waals surface area contributed by atoms with Crippen LogP contribution in [0.4, 0.5) is 0 Å². The highest BCUT2D eigenvalue weighted by Gasteiger charge is 1.99. The first-order valence-corrected chi connectivity index (χ1v) is 3.66. The number of rotatable bonds is 0. The van der Waals surface area contributed by atoms with Crippen LogP contribution in [0.25, 0.3) is 5.65 Å². The summed E-state index contributed by atoms with van der Waals surface area (Å²) in [6.45, 7) is 1.93. The molecule has 0 aliphatic rings. The summed E-state index contributed by atoms with van der Waals surface area (Å²) in [7, 11) is 0. The van der Waals surface area contributed by atoms with Crippen molar-refractivity contribution in [2.75, 3.05) is 0 Å². The van der Waals surface area contributed by atoms with Crippen molar-refractivity contribution in [1.29, 1.82) is 0 Å². The maximum Gasteiger partial charge on any atom is 0.156 e. The fourth-order valence-electron chi connectivity index (χ4n) is 1.05. The molecule has 2 heterocycles. The predicted octanol–water partition coefficient (Wildman–Crippen LogP) is 2.10. The Balaban J connectivity index is 2.90. The van der Waals surface area contributed by atoms with Gasteiger partial charge < -0.3 is 4.40 Å². The molecule has 3 heteroatoms. The second kappa shape index (κ2) is 2.24. The van der Waals surface area contributed by atoms with Crippen LogP contribution >= 0.6 is 11.6 Å². The average molecular weight is 166 g/mol. The van der Waals surface area contributed by atoms with Gasteiger partial charge in [-0.1, -0.05) is 11.6 Å². The molecule has 0 bridgehead atoms. The lowest BCUT2D eigenvalue weighted by Gasteiger charge is -1.91. The molecule has 11 heavy (non-hydrogen) atoms. The standard InChI is InChI=1S/C8H6ClN2/c1-6-5-11-4-2-3-7(9)8(11)10-6/h2,4-5H,1H3. The summed E-state index contributed by atoms with van der Waals surface area (Å²) >= 11 is 5.83. The van der Waals surface area contributed by atoms with Crippen molar-refractivity contribution in [2.24, 2.45) is 0 Å². The number of nitrogens with zero attached hydrogens (tertiary/aromatic N) is 2. The molecule has 0 aromatic carbocycles. The number of imidazole rings is 1. The van der Waals surface area contributed by atoms with Crippen LogP contribution in [0.15, 0.2) is 18.5 Å². The quantitative estimate of drug-likeness (QED) is 0.585. The summed E-state index contributed by atoms with van der Waals surface area (Å²) in [6.07, 6.45) is 3.80. The highest BCUT2D eigenvalue weighted by molar-refractivity contribution is 6.33. The zero-order valence-electron chi connectivity index (χ0n) is 6.00. The smallest absolute Gasteiger partial charge is 0.156 e. The van der Waals surface area contributed by atoms with Gasteiger partial charge in [0.15, 0.2) is 5.65 Å². The monoisotopic (exact) mass is 165 g/mol. The molecule has 0 amide bonds. The van der Waals surface area contributed by atoms with Crippen molar-refractivity contribution >= 4 is 17.2 Å². The van der Waals surface area contributed by atoms with Crippen LogP contribution in [-0.2, 0) is 0 Å². The van der Waals surface area contributed by atoms with Crippen LogP contribution < -0.4 is 0 Å². The van der Waals surface area contributed by atoms with Crippen molar-refractivity contribution in [3.63, 3.8) is 0 Å². The Morgan fingerprint density at radius 1 is 1.64 bits per heavy atom. The number of aryl methyl sites for hydroxylation is 1. The molecule has 2 aromatic rings. The Morgan fingerprint density at radius 2 is 2.45 bits per heavy atom. The van der Waals surface area contributed by atoms with Crippen molar-refractivity contribution in [2.45, 2.75) is 6.92 Å². The van der Waals surface area contributed by atoms with Gasteiger partial charge in [0.1, 0.15) is 0 Å². The van der Waals surface area contributed by atoms with Gasteiger partial charge in [0.25, 0.3) is 0 Å². The molecule has 0 saturated heterocycles. The van der Waals surface area contributed by atoms with Crippen molar-refractivity contribution in [3.05, 3.63) is 35.2 Å². The molecular formula is C8H6ClN2. The fraction of sp³-hybridized carbons (Fsp3) is 0.125. The second-order valence-electron chi connectivity index (χ2n) is 2.39. The normalized spacial score (nSPS) is 10.7. The Labute approximate surface area is 69.4 Å². The summed E-state index contributed by atoms with van der Waals surface area (Å²) in [6, 6.07) is 4.64. The third-order valence-corrected chi connectivity index (χ3v) is 1.77. The van der Waals surface area contributed by atoms with Gasteiger partial charge in [0.05, 0.1) is 10.7 Å². The zero-order valence-corrected chi connectivity index (χ0v) is 6.76. The first-order valence-electron chi connectivity index (χ1n) is 3.29. The first-order chi connectivity index (χ1) is 5.27. The zero-order chi connectivity index (χ0) is 7.84. The number of aromatic nitrogens is 2. The van der Waals surface area contributed by atoms with E-state index in [9.17, 15) is 0 Å². The van der Waals surface area contributed by atoms with Crippen LogP contribution in [-0.4, -0.2) is 9.38 Å². The average Bonchev–Trinajstić information content (AvgIpc) is 2.31. The van der Waals surface area contributed by atoms with E-state index in [1.165, 1.54) is 0 Å². The van der Waals surface area contributed by atoms with E-state index in [4.69, 9.17) is 11.6 Å². The van der Waals surface area contributed by atoms with E-state index in [1.807, 2.05) is 23.7 Å². The van der Waals surface area contributed by atoms with Crippen LogP contribution in [0.3, 0.4) is 0 Å². The molecule has 2 aromatic heterocycles. The number of pyridine rings is 1.